The van der Waals surface area contributed by atoms with E-state index in [4.69, 9.17) is 79.5 Å². The summed E-state index contributed by atoms with van der Waals surface area (Å²) in [6.45, 7) is 19.5. The normalized spacial score (nSPS) is 12.6. The average Bonchev–Trinajstić information content (AvgIpc) is 0.815. The number of aromatic nitrogens is 10. The number of methoxy groups -OCH3 is 4. The summed E-state index contributed by atoms with van der Waals surface area (Å²) in [4.78, 5) is 45.5. The number of ether oxygens (including phenoxy) is 4. The van der Waals surface area contributed by atoms with Crippen LogP contribution >= 0.6 is 23.2 Å². The van der Waals surface area contributed by atoms with Crippen LogP contribution in [0.1, 0.15) is 113 Å². The van der Waals surface area contributed by atoms with Crippen LogP contribution in [0.4, 0.5) is 17.6 Å². The summed E-state index contributed by atoms with van der Waals surface area (Å²) in [5, 5.41) is 96.3. The average molecular weight is 2820 g/mol. The van der Waals surface area contributed by atoms with Crippen molar-refractivity contribution < 1.29 is 188 Å². The molecule has 0 spiro atoms. The third kappa shape index (κ3) is 45.1. The van der Waals surface area contributed by atoms with Gasteiger partial charge in [0.25, 0.3) is 0 Å². The second kappa shape index (κ2) is 66.2. The van der Waals surface area contributed by atoms with Crippen molar-refractivity contribution in [1.29, 1.82) is 5.26 Å². The first-order valence-electron chi connectivity index (χ1n) is 41.9. The number of hydrogen-bond acceptors (Lipinski definition) is 25. The molecule has 36 heteroatoms. The number of aliphatic hydroxyl groups is 10. The zero-order valence-electron chi connectivity index (χ0n) is 78.0. The molecule has 10 aromatic carbocycles. The molecule has 5 heterocycles. The third-order valence-electron chi connectivity index (χ3n) is 18.3. The van der Waals surface area contributed by atoms with Gasteiger partial charge in [-0.2, -0.15) is 13.2 Å². The molecule has 10 unspecified atom stereocenters. The van der Waals surface area contributed by atoms with E-state index in [1.165, 1.54) is 46.6 Å². The third-order valence-corrected chi connectivity index (χ3v) is 18.8. The van der Waals surface area contributed by atoms with Gasteiger partial charge >= 0.3 is 6.18 Å². The van der Waals surface area contributed by atoms with Crippen LogP contribution in [0.15, 0.2) is 212 Å². The number of nitriles is 1. The van der Waals surface area contributed by atoms with Gasteiger partial charge in [0.1, 0.15) is 0 Å². The van der Waals surface area contributed by atoms with Crippen molar-refractivity contribution in [3.8, 4) is 62.4 Å². The number of para-hydroxylation sites is 10. The van der Waals surface area contributed by atoms with Gasteiger partial charge in [-0.1, -0.05) is 60.7 Å². The van der Waals surface area contributed by atoms with Crippen LogP contribution in [0.3, 0.4) is 0 Å². The van der Waals surface area contributed by atoms with E-state index in [-0.39, 0.29) is 156 Å². The first-order valence-corrected chi connectivity index (χ1v) is 42.6. The van der Waals surface area contributed by atoms with Crippen molar-refractivity contribution in [3.05, 3.63) is 298 Å². The Labute approximate surface area is 879 Å². The van der Waals surface area contributed by atoms with Gasteiger partial charge in [0, 0.05) is 211 Å². The van der Waals surface area contributed by atoms with E-state index >= 15 is 0 Å². The fraction of sp³-hybridized carbons (Fsp3) is 0.304. The Morgan fingerprint density at radius 2 is 0.514 bits per heavy atom. The minimum Gasteiger partial charge on any atom is -0.393 e. The molecule has 10 atom stereocenters. The quantitative estimate of drug-likeness (QED) is 0.0204. The summed E-state index contributed by atoms with van der Waals surface area (Å²) >= 11 is 11.7. The van der Waals surface area contributed by atoms with Gasteiger partial charge in [-0.05, 0) is 177 Å². The van der Waals surface area contributed by atoms with Gasteiger partial charge in [-0.3, -0.25) is 54.2 Å². The molecule has 15 rings (SSSR count). The van der Waals surface area contributed by atoms with Crippen LogP contribution < -0.4 is 0 Å². The van der Waals surface area contributed by atoms with Gasteiger partial charge < -0.3 is 70.0 Å². The van der Waals surface area contributed by atoms with E-state index < -0.39 is 36.9 Å². The molecule has 0 aliphatic heterocycles. The van der Waals surface area contributed by atoms with E-state index in [0.29, 0.717) is 57.3 Å². The van der Waals surface area contributed by atoms with Crippen molar-refractivity contribution in [3.63, 3.8) is 0 Å². The number of alkyl halides is 3. The molecule has 0 aliphatic carbocycles. The first-order chi connectivity index (χ1) is 63.2. The number of hydrogen-bond donors (Lipinski definition) is 10. The van der Waals surface area contributed by atoms with Crippen molar-refractivity contribution in [1.82, 2.24) is 49.8 Å². The summed E-state index contributed by atoms with van der Waals surface area (Å²) in [5.41, 5.74) is 20.2. The molecule has 0 saturated heterocycles. The summed E-state index contributed by atoms with van der Waals surface area (Å²) in [5.74, 6) is -0.301. The van der Waals surface area contributed by atoms with Crippen LogP contribution in [0.2, 0.25) is 10.0 Å². The van der Waals surface area contributed by atoms with Crippen molar-refractivity contribution in [2.24, 2.45) is 0 Å². The number of nitrogens with zero attached hydrogens (tertiary/aromatic N) is 11. The molecule has 5 radical (unpaired) electrons. The van der Waals surface area contributed by atoms with Gasteiger partial charge in [0.2, 0.25) is 0 Å². The molecule has 138 heavy (non-hydrogen) atoms. The first kappa shape index (κ1) is 127. The van der Waals surface area contributed by atoms with Crippen LogP contribution in [-0.4, -0.2) is 191 Å². The van der Waals surface area contributed by atoms with Crippen molar-refractivity contribution in [2.45, 2.75) is 176 Å². The van der Waals surface area contributed by atoms with Crippen LogP contribution in [0.25, 0.3) is 111 Å². The fourth-order valence-corrected chi connectivity index (χ4v) is 12.2. The Morgan fingerprint density at radius 1 is 0.304 bits per heavy atom. The molecule has 0 fully saturated rings. The fourth-order valence-electron chi connectivity index (χ4n) is 12.0. The van der Waals surface area contributed by atoms with Crippen LogP contribution in [0.5, 0.6) is 0 Å². The second-order valence-corrected chi connectivity index (χ2v) is 31.0. The molecule has 0 saturated carbocycles. The standard InChI is InChI=1S/C16H10F3N2.C16H10N3.2C15H10ClN2.C15H10FN2.2C5H12O4.3C5H12O2.5Ir/c1-10-15(21-14-5-3-2-4-13(14)20-10)11-6-8-12(9-7-11)16(17,18)19;1-11-16(13-8-6-12(10-17)7-9-13)19-15-5-3-2-4-14(15)18-11;3*1-10-15(11-6-8-12(16)9-7-11)18-14-5-3-2-4-13(14)17-10;2*1-8-4(6)3-5(7)9-2;3*1-4(6)3-5(2)7;;;;;/h2-6,8-9H,1H3;2-8H,1H3;3*2-6,8-9H,1H3;2*4-7H,3H2,1-2H3;3*4-7H,3H2,1-2H3;;;;;/q5*-1;;;;;;;;;;. The Bertz CT molecular complexity index is 5700. The smallest absolute Gasteiger partial charge is 0.381 e. The Kier molecular flexibility index (Phi) is 61.1. The Hall–Kier alpha value is -8.62. The zero-order chi connectivity index (χ0) is 98.0. The maximum absolute atomic E-state index is 12.9. The maximum atomic E-state index is 12.9. The number of aryl methyl sites for hydroxylation is 5. The molecular formula is C102H110Cl2F4Ir5N11O14-5. The van der Waals surface area contributed by atoms with E-state index in [1.54, 1.807) is 78.8 Å². The van der Waals surface area contributed by atoms with Gasteiger partial charge in [-0.25, -0.2) is 5.26 Å². The van der Waals surface area contributed by atoms with Crippen LogP contribution in [-0.2, 0) is 126 Å². The number of halogens is 6. The molecule has 25 nitrogen and oxygen atoms in total. The maximum Gasteiger partial charge on any atom is 0.381 e. The summed E-state index contributed by atoms with van der Waals surface area (Å²) in [6, 6.07) is 79.4. The van der Waals surface area contributed by atoms with E-state index in [1.807, 2.05) is 179 Å². The summed E-state index contributed by atoms with van der Waals surface area (Å²) < 4.78 is 68.3. The Balaban J connectivity index is 0.000000783. The minimum atomic E-state index is -4.36. The van der Waals surface area contributed by atoms with Crippen molar-refractivity contribution in [2.75, 3.05) is 28.4 Å². The summed E-state index contributed by atoms with van der Waals surface area (Å²) in [7, 11) is 5.42. The van der Waals surface area contributed by atoms with Gasteiger partial charge in [-0.15, -0.1) is 172 Å². The number of aliphatic hydroxyl groups excluding tert-OH is 10. The topological polar surface area (TPSA) is 392 Å². The van der Waals surface area contributed by atoms with E-state index in [9.17, 15) is 17.6 Å². The van der Waals surface area contributed by atoms with Crippen molar-refractivity contribution >= 4 is 78.4 Å². The molecular weight excluding hydrogens is 2710 g/mol. The predicted molar refractivity (Wildman–Crippen MR) is 508 cm³/mol. The molecule has 5 aromatic heterocycles. The summed E-state index contributed by atoms with van der Waals surface area (Å²) in [6.07, 6.45) is -8.82. The SMILES string of the molecule is CC(O)CC(C)O.CC(O)CC(C)O.CC(O)CC(C)O.COC(O)CC(O)OC.COC(O)CC(O)OC.Cc1nc2ccccc2nc1-c1[c-]cc(C#N)cc1.Cc1nc2ccccc2nc1-c1[c-]cc(C(F)(F)F)cc1.Cc1nc2ccccc2nc1-c1[c-]cc(Cl)cc1.Cc1nc2ccccc2nc1-c1[c-]cc(Cl)cc1.Cc1nc2ccccc2nc1-c1[c-]cc(F)cc1.[Ir].[Ir].[Ir].[Ir].[Ir]. The molecule has 10 N–H and O–H groups in total. The monoisotopic (exact) mass is 2820 g/mol. The van der Waals surface area contributed by atoms with E-state index in [2.05, 4.69) is 105 Å². The van der Waals surface area contributed by atoms with Gasteiger partial charge in [0.05, 0.1) is 91.8 Å². The largest absolute Gasteiger partial charge is 0.393 e. The minimum absolute atomic E-state index is 0. The molecule has 0 bridgehead atoms. The molecule has 15 aromatic rings. The molecule has 0 amide bonds. The van der Waals surface area contributed by atoms with Gasteiger partial charge in [0.15, 0.2) is 25.2 Å². The molecule has 749 valence electrons. The number of fused-ring (bicyclic) bond motifs is 5. The number of rotatable bonds is 19. The second-order valence-electron chi connectivity index (χ2n) is 30.1. The zero-order valence-corrected chi connectivity index (χ0v) is 91.5. The molecule has 0 aliphatic rings. The Morgan fingerprint density at radius 3 is 0.681 bits per heavy atom. The predicted octanol–water partition coefficient (Wildman–Crippen LogP) is 18.4. The number of benzene rings is 10. The van der Waals surface area contributed by atoms with E-state index in [0.717, 1.165) is 130 Å². The van der Waals surface area contributed by atoms with Crippen LogP contribution in [0, 0.1) is 82.1 Å².